The number of benzene rings is 1. The first kappa shape index (κ1) is 26.1. The van der Waals surface area contributed by atoms with Gasteiger partial charge >= 0.3 is 6.18 Å². The molecular formula is C27H29F3N6O2. The summed E-state index contributed by atoms with van der Waals surface area (Å²) in [7, 11) is 3.45. The maximum absolute atomic E-state index is 13.9. The Labute approximate surface area is 217 Å². The predicted molar refractivity (Wildman–Crippen MR) is 136 cm³/mol. The number of pyridine rings is 1. The summed E-state index contributed by atoms with van der Waals surface area (Å²) in [6.45, 7) is 3.20. The summed E-state index contributed by atoms with van der Waals surface area (Å²) in [6.07, 6.45) is 1.42. The second kappa shape index (κ2) is 9.95. The van der Waals surface area contributed by atoms with Gasteiger partial charge in [0.05, 0.1) is 23.1 Å². The SMILES string of the molecule is COCCNCc1cc(C(F)(F)F)c2ncc(-c3cccc(C4(c5nncn5C)CC(C)C4)c3)c(=O)n2c1. The molecular weight excluding hydrogens is 497 g/mol. The molecule has 0 bridgehead atoms. The monoisotopic (exact) mass is 526 g/mol. The van der Waals surface area contributed by atoms with Gasteiger partial charge in [0, 0.05) is 39.6 Å². The predicted octanol–water partition coefficient (Wildman–Crippen LogP) is 3.96. The Morgan fingerprint density at radius 1 is 1.24 bits per heavy atom. The van der Waals surface area contributed by atoms with Crippen LogP contribution >= 0.6 is 0 Å². The first-order valence-electron chi connectivity index (χ1n) is 12.4. The minimum atomic E-state index is -4.67. The third-order valence-corrected chi connectivity index (χ3v) is 7.24. The van der Waals surface area contributed by atoms with Crippen LogP contribution in [0, 0.1) is 5.92 Å². The van der Waals surface area contributed by atoms with Crippen LogP contribution in [0.4, 0.5) is 13.2 Å². The molecule has 38 heavy (non-hydrogen) atoms. The Kier molecular flexibility index (Phi) is 6.83. The molecule has 200 valence electrons. The molecule has 1 aromatic carbocycles. The highest BCUT2D eigenvalue weighted by Crippen LogP contribution is 2.51. The van der Waals surface area contributed by atoms with Crippen molar-refractivity contribution in [3.05, 3.63) is 81.9 Å². The summed E-state index contributed by atoms with van der Waals surface area (Å²) in [5, 5.41) is 11.5. The Hall–Kier alpha value is -3.57. The molecule has 11 heteroatoms. The van der Waals surface area contributed by atoms with Crippen molar-refractivity contribution in [3.63, 3.8) is 0 Å². The number of rotatable bonds is 8. The number of nitrogens with zero attached hydrogens (tertiary/aromatic N) is 5. The van der Waals surface area contributed by atoms with E-state index in [0.717, 1.165) is 34.7 Å². The van der Waals surface area contributed by atoms with Crippen LogP contribution in [0.5, 0.6) is 0 Å². The molecule has 1 N–H and O–H groups in total. The summed E-state index contributed by atoms with van der Waals surface area (Å²) < 4.78 is 49.6. The van der Waals surface area contributed by atoms with E-state index in [2.05, 4.69) is 27.4 Å². The van der Waals surface area contributed by atoms with Crippen molar-refractivity contribution in [1.82, 2.24) is 29.5 Å². The van der Waals surface area contributed by atoms with E-state index in [9.17, 15) is 18.0 Å². The normalized spacial score (nSPS) is 19.6. The maximum atomic E-state index is 13.9. The lowest BCUT2D eigenvalue weighted by molar-refractivity contribution is -0.136. The molecule has 4 aromatic rings. The molecule has 0 amide bonds. The minimum Gasteiger partial charge on any atom is -0.383 e. The fourth-order valence-corrected chi connectivity index (χ4v) is 5.53. The highest BCUT2D eigenvalue weighted by molar-refractivity contribution is 5.66. The molecule has 5 rings (SSSR count). The smallest absolute Gasteiger partial charge is 0.383 e. The van der Waals surface area contributed by atoms with Gasteiger partial charge in [0.25, 0.3) is 5.56 Å². The maximum Gasteiger partial charge on any atom is 0.419 e. The fourth-order valence-electron chi connectivity index (χ4n) is 5.53. The summed E-state index contributed by atoms with van der Waals surface area (Å²) in [5.74, 6) is 1.35. The van der Waals surface area contributed by atoms with Gasteiger partial charge in [-0.2, -0.15) is 13.2 Å². The molecule has 3 aromatic heterocycles. The number of hydrogen-bond donors (Lipinski definition) is 1. The number of aromatic nitrogens is 5. The number of fused-ring (bicyclic) bond motifs is 1. The van der Waals surface area contributed by atoms with Gasteiger partial charge in [-0.05, 0) is 47.6 Å². The van der Waals surface area contributed by atoms with E-state index in [1.165, 1.54) is 12.4 Å². The lowest BCUT2D eigenvalue weighted by atomic mass is 9.58. The van der Waals surface area contributed by atoms with Gasteiger partial charge in [-0.1, -0.05) is 25.1 Å². The molecule has 0 unspecified atom stereocenters. The van der Waals surface area contributed by atoms with Crippen LogP contribution in [0.3, 0.4) is 0 Å². The molecule has 0 atom stereocenters. The largest absolute Gasteiger partial charge is 0.419 e. The van der Waals surface area contributed by atoms with Crippen LogP contribution in [0.15, 0.2) is 53.8 Å². The molecule has 0 saturated heterocycles. The second-order valence-electron chi connectivity index (χ2n) is 10.0. The van der Waals surface area contributed by atoms with Gasteiger partial charge in [-0.15, -0.1) is 10.2 Å². The standard InChI is InChI=1S/C27H29F3N6O2/c1-17-11-26(12-17,25-34-33-16-35(25)2)20-6-4-5-19(10-20)21-14-32-23-22(27(28,29)30)9-18(13-31-7-8-38-3)15-36(23)24(21)37/h4-6,9-10,14-17,31H,7-8,11-13H2,1-3H3. The van der Waals surface area contributed by atoms with Gasteiger partial charge in [0.2, 0.25) is 0 Å². The van der Waals surface area contributed by atoms with Gasteiger partial charge in [0.1, 0.15) is 12.2 Å². The number of alkyl halides is 3. The minimum absolute atomic E-state index is 0.146. The first-order chi connectivity index (χ1) is 18.1. The van der Waals surface area contributed by atoms with E-state index in [4.69, 9.17) is 4.74 Å². The number of nitrogens with one attached hydrogen (secondary N) is 1. The summed E-state index contributed by atoms with van der Waals surface area (Å²) in [5.41, 5.74) is -0.162. The lowest BCUT2D eigenvalue weighted by Gasteiger charge is -2.46. The summed E-state index contributed by atoms with van der Waals surface area (Å²) in [6, 6.07) is 8.59. The van der Waals surface area contributed by atoms with Gasteiger partial charge in [-0.25, -0.2) is 4.98 Å². The van der Waals surface area contributed by atoms with Crippen LogP contribution in [-0.2, 0) is 29.9 Å². The zero-order valence-corrected chi connectivity index (χ0v) is 21.4. The first-order valence-corrected chi connectivity index (χ1v) is 12.4. The van der Waals surface area contributed by atoms with E-state index in [-0.39, 0.29) is 17.5 Å². The van der Waals surface area contributed by atoms with Crippen molar-refractivity contribution in [2.24, 2.45) is 13.0 Å². The number of ether oxygens (including phenoxy) is 1. The van der Waals surface area contributed by atoms with Crippen LogP contribution in [-0.4, -0.2) is 44.4 Å². The second-order valence-corrected chi connectivity index (χ2v) is 10.0. The third-order valence-electron chi connectivity index (χ3n) is 7.24. The lowest BCUT2D eigenvalue weighted by Crippen LogP contribution is -2.43. The number of methoxy groups -OCH3 is 1. The van der Waals surface area contributed by atoms with E-state index in [1.54, 1.807) is 19.5 Å². The molecule has 1 fully saturated rings. The Balaban J connectivity index is 1.60. The average Bonchev–Trinajstić information content (AvgIpc) is 3.30. The number of halogens is 3. The fraction of sp³-hybridized carbons (Fsp3) is 0.407. The van der Waals surface area contributed by atoms with Crippen LogP contribution in [0.25, 0.3) is 16.8 Å². The van der Waals surface area contributed by atoms with Gasteiger partial charge in [0.15, 0.2) is 5.65 Å². The Morgan fingerprint density at radius 3 is 2.68 bits per heavy atom. The van der Waals surface area contributed by atoms with Crippen molar-refractivity contribution in [3.8, 4) is 11.1 Å². The van der Waals surface area contributed by atoms with E-state index in [0.29, 0.717) is 30.2 Å². The van der Waals surface area contributed by atoms with Crippen LogP contribution in [0.2, 0.25) is 0 Å². The molecule has 0 spiro atoms. The zero-order chi connectivity index (χ0) is 27.1. The molecule has 3 heterocycles. The third kappa shape index (κ3) is 4.60. The molecule has 1 aliphatic rings. The number of hydrogen-bond acceptors (Lipinski definition) is 6. The average molecular weight is 527 g/mol. The van der Waals surface area contributed by atoms with Crippen molar-refractivity contribution in [2.75, 3.05) is 20.3 Å². The highest BCUT2D eigenvalue weighted by atomic mass is 19.4. The van der Waals surface area contributed by atoms with E-state index < -0.39 is 22.9 Å². The summed E-state index contributed by atoms with van der Waals surface area (Å²) in [4.78, 5) is 17.7. The highest BCUT2D eigenvalue weighted by Gasteiger charge is 2.48. The Morgan fingerprint density at radius 2 is 2.03 bits per heavy atom. The quantitative estimate of drug-likeness (QED) is 0.350. The number of aryl methyl sites for hydroxylation is 1. The van der Waals surface area contributed by atoms with E-state index >= 15 is 0 Å². The van der Waals surface area contributed by atoms with Crippen LogP contribution < -0.4 is 10.9 Å². The van der Waals surface area contributed by atoms with E-state index in [1.807, 2.05) is 29.8 Å². The van der Waals surface area contributed by atoms with Crippen LogP contribution in [0.1, 0.15) is 42.3 Å². The van der Waals surface area contributed by atoms with Crippen molar-refractivity contribution in [1.29, 1.82) is 0 Å². The topological polar surface area (TPSA) is 86.3 Å². The zero-order valence-electron chi connectivity index (χ0n) is 21.4. The van der Waals surface area contributed by atoms with Crippen molar-refractivity contribution < 1.29 is 17.9 Å². The van der Waals surface area contributed by atoms with Gasteiger partial charge < -0.3 is 14.6 Å². The van der Waals surface area contributed by atoms with Gasteiger partial charge in [-0.3, -0.25) is 9.20 Å². The van der Waals surface area contributed by atoms with Crippen molar-refractivity contribution in [2.45, 2.75) is 37.9 Å². The van der Waals surface area contributed by atoms with Crippen molar-refractivity contribution >= 4 is 5.65 Å². The molecule has 8 nitrogen and oxygen atoms in total. The molecule has 1 aliphatic carbocycles. The molecule has 0 aliphatic heterocycles. The Bertz CT molecular complexity index is 1520. The molecule has 1 saturated carbocycles. The summed E-state index contributed by atoms with van der Waals surface area (Å²) >= 11 is 0. The molecule has 0 radical (unpaired) electrons.